The third-order valence-electron chi connectivity index (χ3n) is 4.71. The summed E-state index contributed by atoms with van der Waals surface area (Å²) in [6, 6.07) is 16.5. The molecule has 29 heavy (non-hydrogen) atoms. The molecule has 6 nitrogen and oxygen atoms in total. The normalized spacial score (nSPS) is 15.3. The summed E-state index contributed by atoms with van der Waals surface area (Å²) in [5.74, 6) is -0.284. The van der Waals surface area contributed by atoms with Gasteiger partial charge in [-0.3, -0.25) is 0 Å². The van der Waals surface area contributed by atoms with Crippen molar-refractivity contribution in [1.29, 1.82) is 0 Å². The van der Waals surface area contributed by atoms with E-state index in [4.69, 9.17) is 21.1 Å². The van der Waals surface area contributed by atoms with Gasteiger partial charge >= 0.3 is 5.97 Å². The van der Waals surface area contributed by atoms with Gasteiger partial charge < -0.3 is 9.47 Å². The van der Waals surface area contributed by atoms with Gasteiger partial charge in [-0.05, 0) is 30.3 Å². The van der Waals surface area contributed by atoms with Crippen molar-refractivity contribution in [2.45, 2.75) is 4.90 Å². The number of benzene rings is 3. The highest BCUT2D eigenvalue weighted by molar-refractivity contribution is 7.89. The second-order valence-corrected chi connectivity index (χ2v) is 8.87. The average Bonchev–Trinajstić information content (AvgIpc) is 2.76. The molecule has 0 aromatic heterocycles. The maximum atomic E-state index is 12.8. The van der Waals surface area contributed by atoms with Crippen LogP contribution in [0.3, 0.4) is 0 Å². The summed E-state index contributed by atoms with van der Waals surface area (Å²) in [6.07, 6.45) is 0. The van der Waals surface area contributed by atoms with Gasteiger partial charge in [0.2, 0.25) is 10.0 Å². The molecule has 0 atom stereocenters. The highest BCUT2D eigenvalue weighted by Gasteiger charge is 2.27. The molecule has 1 aliphatic rings. The van der Waals surface area contributed by atoms with Crippen LogP contribution in [0, 0.1) is 0 Å². The molecule has 1 saturated heterocycles. The minimum atomic E-state index is -3.70. The Labute approximate surface area is 173 Å². The number of hydrogen-bond donors (Lipinski definition) is 0. The first-order valence-electron chi connectivity index (χ1n) is 9.04. The zero-order chi connectivity index (χ0) is 20.4. The number of hydrogen-bond acceptors (Lipinski definition) is 5. The van der Waals surface area contributed by atoms with Gasteiger partial charge in [0.1, 0.15) is 5.75 Å². The van der Waals surface area contributed by atoms with Crippen LogP contribution in [0.1, 0.15) is 10.4 Å². The van der Waals surface area contributed by atoms with Crippen molar-refractivity contribution in [3.63, 3.8) is 0 Å². The van der Waals surface area contributed by atoms with E-state index in [0.29, 0.717) is 29.4 Å². The topological polar surface area (TPSA) is 72.9 Å². The number of rotatable bonds is 4. The number of fused-ring (bicyclic) bond motifs is 1. The van der Waals surface area contributed by atoms with Gasteiger partial charge in [-0.15, -0.1) is 0 Å². The molecule has 0 N–H and O–H groups in total. The minimum absolute atomic E-state index is 0.0508. The van der Waals surface area contributed by atoms with E-state index in [9.17, 15) is 13.2 Å². The lowest BCUT2D eigenvalue weighted by Crippen LogP contribution is -2.40. The van der Waals surface area contributed by atoms with E-state index < -0.39 is 16.0 Å². The fraction of sp³-hybridized carbons (Fsp3) is 0.190. The third-order valence-corrected chi connectivity index (χ3v) is 6.94. The Morgan fingerprint density at radius 1 is 0.966 bits per heavy atom. The van der Waals surface area contributed by atoms with Gasteiger partial charge in [-0.1, -0.05) is 41.9 Å². The van der Waals surface area contributed by atoms with E-state index in [0.717, 1.165) is 5.39 Å². The van der Waals surface area contributed by atoms with Crippen LogP contribution in [0.25, 0.3) is 10.8 Å². The Bertz CT molecular complexity index is 1170. The molecule has 1 fully saturated rings. The molecule has 0 amide bonds. The van der Waals surface area contributed by atoms with Crippen molar-refractivity contribution in [2.24, 2.45) is 0 Å². The van der Waals surface area contributed by atoms with E-state index >= 15 is 0 Å². The van der Waals surface area contributed by atoms with Crippen molar-refractivity contribution >= 4 is 38.4 Å². The van der Waals surface area contributed by atoms with Crippen LogP contribution in [0.2, 0.25) is 5.02 Å². The zero-order valence-corrected chi connectivity index (χ0v) is 16.9. The first-order valence-corrected chi connectivity index (χ1v) is 10.9. The Kier molecular flexibility index (Phi) is 5.56. The summed E-state index contributed by atoms with van der Waals surface area (Å²) in [4.78, 5) is 12.8. The SMILES string of the molecule is O=C(Oc1ccc(Cl)c2ccccc12)c1cccc(S(=O)(=O)N2CCOCC2)c1. The number of sulfonamides is 1. The predicted octanol–water partition coefficient (Wildman–Crippen LogP) is 3.73. The lowest BCUT2D eigenvalue weighted by atomic mass is 10.1. The Balaban J connectivity index is 1.62. The van der Waals surface area contributed by atoms with E-state index in [1.165, 1.54) is 28.6 Å². The molecule has 0 unspecified atom stereocenters. The smallest absolute Gasteiger partial charge is 0.343 e. The number of ether oxygens (including phenoxy) is 2. The summed E-state index contributed by atoms with van der Waals surface area (Å²) in [5, 5.41) is 2.02. The van der Waals surface area contributed by atoms with E-state index in [1.807, 2.05) is 24.3 Å². The molecule has 0 radical (unpaired) electrons. The van der Waals surface area contributed by atoms with Crippen molar-refractivity contribution in [3.05, 3.63) is 71.2 Å². The summed E-state index contributed by atoms with van der Waals surface area (Å²) in [5.41, 5.74) is 0.151. The van der Waals surface area contributed by atoms with Crippen LogP contribution in [0.5, 0.6) is 5.75 Å². The highest BCUT2D eigenvalue weighted by atomic mass is 35.5. The molecule has 1 heterocycles. The number of nitrogens with zero attached hydrogens (tertiary/aromatic N) is 1. The zero-order valence-electron chi connectivity index (χ0n) is 15.4. The first-order chi connectivity index (χ1) is 14.0. The van der Waals surface area contributed by atoms with Crippen molar-refractivity contribution in [1.82, 2.24) is 4.31 Å². The van der Waals surface area contributed by atoms with Crippen LogP contribution in [0.4, 0.5) is 0 Å². The molecule has 3 aromatic carbocycles. The van der Waals surface area contributed by atoms with Crippen molar-refractivity contribution < 1.29 is 22.7 Å². The molecule has 8 heteroatoms. The Hall–Kier alpha value is -2.45. The Morgan fingerprint density at radius 3 is 2.45 bits per heavy atom. The first kappa shape index (κ1) is 19.8. The van der Waals surface area contributed by atoms with Gasteiger partial charge in [0.15, 0.2) is 0 Å². The lowest BCUT2D eigenvalue weighted by molar-refractivity contribution is 0.0727. The van der Waals surface area contributed by atoms with Gasteiger partial charge in [-0.25, -0.2) is 13.2 Å². The van der Waals surface area contributed by atoms with E-state index in [-0.39, 0.29) is 23.5 Å². The van der Waals surface area contributed by atoms with Crippen LogP contribution < -0.4 is 4.74 Å². The van der Waals surface area contributed by atoms with E-state index in [1.54, 1.807) is 12.1 Å². The second-order valence-electron chi connectivity index (χ2n) is 6.52. The quantitative estimate of drug-likeness (QED) is 0.465. The maximum Gasteiger partial charge on any atom is 0.343 e. The standard InChI is InChI=1S/C21H18ClNO5S/c22-19-8-9-20(18-7-2-1-6-17(18)19)28-21(24)15-4-3-5-16(14-15)29(25,26)23-10-12-27-13-11-23/h1-9,14H,10-13H2. The predicted molar refractivity (Wildman–Crippen MR) is 110 cm³/mol. The monoisotopic (exact) mass is 431 g/mol. The van der Waals surface area contributed by atoms with Crippen molar-refractivity contribution in [2.75, 3.05) is 26.3 Å². The van der Waals surface area contributed by atoms with Crippen LogP contribution in [0.15, 0.2) is 65.6 Å². The van der Waals surface area contributed by atoms with E-state index in [2.05, 4.69) is 0 Å². The molecule has 0 spiro atoms. The number of halogens is 1. The average molecular weight is 432 g/mol. The number of morpholine rings is 1. The Morgan fingerprint density at radius 2 is 1.69 bits per heavy atom. The molecular formula is C21H18ClNO5S. The second kappa shape index (κ2) is 8.12. The van der Waals surface area contributed by atoms with Crippen LogP contribution in [-0.4, -0.2) is 45.0 Å². The summed E-state index contributed by atoms with van der Waals surface area (Å²) < 4.78 is 37.8. The van der Waals surface area contributed by atoms with Crippen molar-refractivity contribution in [3.8, 4) is 5.75 Å². The molecule has 0 saturated carbocycles. The van der Waals surface area contributed by atoms with Gasteiger partial charge in [-0.2, -0.15) is 4.31 Å². The number of esters is 1. The number of carbonyl (C=O) groups is 1. The largest absolute Gasteiger partial charge is 0.422 e. The molecule has 0 bridgehead atoms. The summed E-state index contributed by atoms with van der Waals surface area (Å²) in [6.45, 7) is 1.27. The van der Waals surface area contributed by atoms with Gasteiger partial charge in [0, 0.05) is 28.9 Å². The lowest BCUT2D eigenvalue weighted by Gasteiger charge is -2.26. The maximum absolute atomic E-state index is 12.8. The molecule has 4 rings (SSSR count). The molecule has 1 aliphatic heterocycles. The summed E-state index contributed by atoms with van der Waals surface area (Å²) >= 11 is 6.21. The third kappa shape index (κ3) is 4.00. The van der Waals surface area contributed by atoms with Crippen LogP contribution in [-0.2, 0) is 14.8 Å². The molecule has 3 aromatic rings. The molecule has 0 aliphatic carbocycles. The highest BCUT2D eigenvalue weighted by Crippen LogP contribution is 2.32. The van der Waals surface area contributed by atoms with Gasteiger partial charge in [0.05, 0.1) is 23.7 Å². The fourth-order valence-electron chi connectivity index (χ4n) is 3.20. The fourth-order valence-corrected chi connectivity index (χ4v) is 4.88. The summed E-state index contributed by atoms with van der Waals surface area (Å²) in [7, 11) is -3.70. The molecule has 150 valence electrons. The molecular weight excluding hydrogens is 414 g/mol. The van der Waals surface area contributed by atoms with Crippen LogP contribution >= 0.6 is 11.6 Å². The van der Waals surface area contributed by atoms with Gasteiger partial charge in [0.25, 0.3) is 0 Å². The number of carbonyl (C=O) groups excluding carboxylic acids is 1. The minimum Gasteiger partial charge on any atom is -0.422 e.